The average Bonchev–Trinajstić information content (AvgIpc) is 2.44. The molecule has 3 nitrogen and oxygen atoms in total. The average molecular weight is 368 g/mol. The zero-order valence-corrected chi connectivity index (χ0v) is 13.3. The molecule has 0 saturated carbocycles. The Bertz CT molecular complexity index is 683. The lowest BCUT2D eigenvalue weighted by Gasteiger charge is -2.09. The van der Waals surface area contributed by atoms with Gasteiger partial charge < -0.3 is 9.84 Å². The molecule has 0 atom stereocenters. The number of carbonyl (C=O) groups is 1. The van der Waals surface area contributed by atoms with Crippen molar-refractivity contribution in [2.24, 2.45) is 0 Å². The van der Waals surface area contributed by atoms with Crippen molar-refractivity contribution in [3.8, 4) is 5.75 Å². The quantitative estimate of drug-likeness (QED) is 0.774. The molecule has 0 aromatic heterocycles. The Kier molecular flexibility index (Phi) is 5.42. The minimum Gasteiger partial charge on any atom is -0.488 e. The molecule has 0 aliphatic carbocycles. The summed E-state index contributed by atoms with van der Waals surface area (Å²) in [6.45, 7) is 0.406. The molecule has 0 fully saturated rings. The number of aliphatic carboxylic acids is 1. The van der Waals surface area contributed by atoms with E-state index in [-0.39, 0.29) is 0 Å². The van der Waals surface area contributed by atoms with Crippen LogP contribution >= 0.6 is 27.5 Å². The van der Waals surface area contributed by atoms with E-state index in [1.807, 2.05) is 24.3 Å². The molecule has 0 aliphatic rings. The van der Waals surface area contributed by atoms with Crippen molar-refractivity contribution in [2.75, 3.05) is 0 Å². The van der Waals surface area contributed by atoms with Crippen LogP contribution in [0.1, 0.15) is 11.1 Å². The minimum atomic E-state index is -0.979. The highest BCUT2D eigenvalue weighted by Crippen LogP contribution is 2.27. The Balaban J connectivity index is 2.06. The lowest BCUT2D eigenvalue weighted by Crippen LogP contribution is -1.96. The molecule has 0 aliphatic heterocycles. The van der Waals surface area contributed by atoms with Crippen molar-refractivity contribution in [1.82, 2.24) is 0 Å². The number of benzene rings is 2. The molecular weight excluding hydrogens is 356 g/mol. The first kappa shape index (κ1) is 15.6. The van der Waals surface area contributed by atoms with Crippen LogP contribution in [0.25, 0.3) is 6.08 Å². The van der Waals surface area contributed by atoms with E-state index in [0.29, 0.717) is 17.4 Å². The SMILES string of the molecule is O=C(O)C=Cc1ccc(OCc2cccc(Cl)c2)c(Br)c1. The van der Waals surface area contributed by atoms with Crippen LogP contribution in [0, 0.1) is 0 Å². The first-order valence-corrected chi connectivity index (χ1v) is 7.29. The number of hydrogen-bond acceptors (Lipinski definition) is 2. The van der Waals surface area contributed by atoms with Crippen LogP contribution in [0.15, 0.2) is 53.0 Å². The predicted octanol–water partition coefficient (Wildman–Crippen LogP) is 4.78. The summed E-state index contributed by atoms with van der Waals surface area (Å²) >= 11 is 9.33. The maximum atomic E-state index is 10.5. The molecule has 0 amide bonds. The molecule has 2 aromatic rings. The van der Waals surface area contributed by atoms with Crippen LogP contribution in [0.4, 0.5) is 0 Å². The lowest BCUT2D eigenvalue weighted by atomic mass is 10.2. The number of hydrogen-bond donors (Lipinski definition) is 1. The highest BCUT2D eigenvalue weighted by atomic mass is 79.9. The Labute approximate surface area is 135 Å². The van der Waals surface area contributed by atoms with Gasteiger partial charge in [0.1, 0.15) is 12.4 Å². The van der Waals surface area contributed by atoms with Crippen LogP contribution < -0.4 is 4.74 Å². The van der Waals surface area contributed by atoms with Crippen molar-refractivity contribution in [1.29, 1.82) is 0 Å². The number of ether oxygens (including phenoxy) is 1. The summed E-state index contributed by atoms with van der Waals surface area (Å²) in [6.07, 6.45) is 2.61. The number of halogens is 2. The van der Waals surface area contributed by atoms with Gasteiger partial charge in [0.2, 0.25) is 0 Å². The summed E-state index contributed by atoms with van der Waals surface area (Å²) in [5.74, 6) is -0.296. The number of carboxylic acids is 1. The van der Waals surface area contributed by atoms with E-state index in [1.165, 1.54) is 6.08 Å². The first-order chi connectivity index (χ1) is 10.0. The fourth-order valence-electron chi connectivity index (χ4n) is 1.69. The molecule has 0 bridgehead atoms. The summed E-state index contributed by atoms with van der Waals surface area (Å²) in [7, 11) is 0. The molecule has 0 saturated heterocycles. The van der Waals surface area contributed by atoms with E-state index >= 15 is 0 Å². The predicted molar refractivity (Wildman–Crippen MR) is 86.6 cm³/mol. The van der Waals surface area contributed by atoms with Gasteiger partial charge in [0.15, 0.2) is 0 Å². The van der Waals surface area contributed by atoms with Gasteiger partial charge >= 0.3 is 5.97 Å². The number of carboxylic acid groups (broad SMARTS) is 1. The van der Waals surface area contributed by atoms with Gasteiger partial charge in [-0.2, -0.15) is 0 Å². The van der Waals surface area contributed by atoms with E-state index in [1.54, 1.807) is 18.2 Å². The van der Waals surface area contributed by atoms with Crippen LogP contribution in [-0.4, -0.2) is 11.1 Å². The third kappa shape index (κ3) is 4.92. The summed E-state index contributed by atoms with van der Waals surface area (Å²) in [6, 6.07) is 12.8. The highest BCUT2D eigenvalue weighted by molar-refractivity contribution is 9.10. The Hall–Kier alpha value is -1.78. The second kappa shape index (κ2) is 7.29. The molecular formula is C16H12BrClO3. The standard InChI is InChI=1S/C16H12BrClO3/c17-14-9-11(5-7-16(19)20)4-6-15(14)21-10-12-2-1-3-13(18)8-12/h1-9H,10H2,(H,19,20). The van der Waals surface area contributed by atoms with Gasteiger partial charge in [0.05, 0.1) is 4.47 Å². The first-order valence-electron chi connectivity index (χ1n) is 6.12. The van der Waals surface area contributed by atoms with Crippen molar-refractivity contribution in [2.45, 2.75) is 6.61 Å². The largest absolute Gasteiger partial charge is 0.488 e. The van der Waals surface area contributed by atoms with E-state index in [9.17, 15) is 4.79 Å². The Morgan fingerprint density at radius 1 is 1.29 bits per heavy atom. The maximum absolute atomic E-state index is 10.5. The summed E-state index contributed by atoms with van der Waals surface area (Å²) in [4.78, 5) is 10.5. The van der Waals surface area contributed by atoms with Crippen molar-refractivity contribution in [3.63, 3.8) is 0 Å². The van der Waals surface area contributed by atoms with E-state index in [4.69, 9.17) is 21.4 Å². The van der Waals surface area contributed by atoms with Crippen LogP contribution in [-0.2, 0) is 11.4 Å². The van der Waals surface area contributed by atoms with Crippen molar-refractivity contribution in [3.05, 3.63) is 69.2 Å². The molecule has 2 rings (SSSR count). The summed E-state index contributed by atoms with van der Waals surface area (Å²) in [5, 5.41) is 9.27. The minimum absolute atomic E-state index is 0.406. The molecule has 5 heteroatoms. The maximum Gasteiger partial charge on any atom is 0.328 e. The highest BCUT2D eigenvalue weighted by Gasteiger charge is 2.03. The van der Waals surface area contributed by atoms with Crippen LogP contribution in [0.3, 0.4) is 0 Å². The van der Waals surface area contributed by atoms with Gasteiger partial charge in [0.25, 0.3) is 0 Å². The van der Waals surface area contributed by atoms with Crippen LogP contribution in [0.5, 0.6) is 5.75 Å². The molecule has 2 aromatic carbocycles. The smallest absolute Gasteiger partial charge is 0.328 e. The molecule has 0 radical (unpaired) electrons. The van der Waals surface area contributed by atoms with Gasteiger partial charge in [-0.3, -0.25) is 0 Å². The third-order valence-corrected chi connectivity index (χ3v) is 3.51. The second-order valence-corrected chi connectivity index (χ2v) is 5.57. The molecule has 1 N–H and O–H groups in total. The fourth-order valence-corrected chi connectivity index (χ4v) is 2.42. The van der Waals surface area contributed by atoms with E-state index < -0.39 is 5.97 Å². The van der Waals surface area contributed by atoms with E-state index in [0.717, 1.165) is 21.7 Å². The zero-order valence-electron chi connectivity index (χ0n) is 10.9. The van der Waals surface area contributed by atoms with Gasteiger partial charge in [0, 0.05) is 11.1 Å². The number of rotatable bonds is 5. The Morgan fingerprint density at radius 2 is 2.10 bits per heavy atom. The Morgan fingerprint density at radius 3 is 2.76 bits per heavy atom. The molecule has 21 heavy (non-hydrogen) atoms. The molecule has 0 spiro atoms. The second-order valence-electron chi connectivity index (χ2n) is 4.28. The monoisotopic (exact) mass is 366 g/mol. The van der Waals surface area contributed by atoms with Crippen molar-refractivity contribution < 1.29 is 14.6 Å². The van der Waals surface area contributed by atoms with E-state index in [2.05, 4.69) is 15.9 Å². The van der Waals surface area contributed by atoms with Crippen LogP contribution in [0.2, 0.25) is 5.02 Å². The van der Waals surface area contributed by atoms with Gasteiger partial charge in [-0.05, 0) is 57.4 Å². The zero-order chi connectivity index (χ0) is 15.2. The molecule has 108 valence electrons. The normalized spacial score (nSPS) is 10.8. The van der Waals surface area contributed by atoms with Crippen molar-refractivity contribution >= 4 is 39.6 Å². The third-order valence-electron chi connectivity index (χ3n) is 2.66. The fraction of sp³-hybridized carbons (Fsp3) is 0.0625. The molecule has 0 unspecified atom stereocenters. The van der Waals surface area contributed by atoms with Gasteiger partial charge in [-0.15, -0.1) is 0 Å². The topological polar surface area (TPSA) is 46.5 Å². The lowest BCUT2D eigenvalue weighted by molar-refractivity contribution is -0.131. The summed E-state index contributed by atoms with van der Waals surface area (Å²) < 4.78 is 6.47. The summed E-state index contributed by atoms with van der Waals surface area (Å²) in [5.41, 5.74) is 1.75. The molecule has 0 heterocycles. The van der Waals surface area contributed by atoms with Gasteiger partial charge in [-0.1, -0.05) is 29.8 Å². The van der Waals surface area contributed by atoms with Gasteiger partial charge in [-0.25, -0.2) is 4.79 Å².